The molecule has 0 heterocycles. The summed E-state index contributed by atoms with van der Waals surface area (Å²) in [5.41, 5.74) is 2.60. The maximum atomic E-state index is 13.3. The van der Waals surface area contributed by atoms with Gasteiger partial charge in [-0.1, -0.05) is 55.3 Å². The van der Waals surface area contributed by atoms with Crippen LogP contribution in [0.4, 0.5) is 11.4 Å². The highest BCUT2D eigenvalue weighted by atomic mass is 35.5. The highest BCUT2D eigenvalue weighted by Crippen LogP contribution is 2.26. The second-order valence-electron chi connectivity index (χ2n) is 10.2. The second-order valence-corrected chi connectivity index (χ2v) is 12.1. The van der Waals surface area contributed by atoms with E-state index < -0.39 is 17.1 Å². The summed E-state index contributed by atoms with van der Waals surface area (Å²) in [6, 6.07) is 29.2. The van der Waals surface area contributed by atoms with Crippen LogP contribution in [-0.4, -0.2) is 35.5 Å². The number of esters is 1. The number of carbonyl (C=O) groups excluding carboxylic acids is 4. The lowest BCUT2D eigenvalue weighted by Gasteiger charge is -2.14. The van der Waals surface area contributed by atoms with Gasteiger partial charge in [0.25, 0.3) is 11.8 Å². The number of nitrogens with one attached hydrogen (secondary N) is 3. The molecule has 0 saturated carbocycles. The van der Waals surface area contributed by atoms with Crippen molar-refractivity contribution in [2.45, 2.75) is 36.8 Å². The molecule has 0 aliphatic carbocycles. The molecule has 46 heavy (non-hydrogen) atoms. The average molecular weight is 656 g/mol. The van der Waals surface area contributed by atoms with E-state index in [0.29, 0.717) is 39.7 Å². The maximum Gasteiger partial charge on any atom is 0.338 e. The standard InChI is InChI=1S/C36H34ClN3O5S/c1-3-4-21-45-36(44)27-13-15-29(16-14-27)38-33(41)24(2)46-31-19-17-30(18-20-31)39-35(43)32(23-25-9-8-12-28(37)22-25)40-34(42)26-10-6-5-7-11-26/h5-20,22-24H,3-4,21H2,1-2H3,(H,38,41)(H,39,43)(H,40,42)/b32-23-. The lowest BCUT2D eigenvalue weighted by atomic mass is 10.1. The van der Waals surface area contributed by atoms with Crippen LogP contribution in [0.5, 0.6) is 0 Å². The fourth-order valence-corrected chi connectivity index (χ4v) is 5.17. The molecule has 3 amide bonds. The van der Waals surface area contributed by atoms with Gasteiger partial charge in [-0.05, 0) is 97.8 Å². The Morgan fingerprint density at radius 3 is 2.17 bits per heavy atom. The van der Waals surface area contributed by atoms with Gasteiger partial charge in [-0.2, -0.15) is 0 Å². The van der Waals surface area contributed by atoms with E-state index in [1.54, 1.807) is 116 Å². The molecule has 1 atom stereocenters. The number of ether oxygens (including phenoxy) is 1. The quantitative estimate of drug-likeness (QED) is 0.0586. The predicted octanol–water partition coefficient (Wildman–Crippen LogP) is 7.83. The molecule has 0 aromatic heterocycles. The van der Waals surface area contributed by atoms with Crippen molar-refractivity contribution in [3.05, 3.63) is 131 Å². The van der Waals surface area contributed by atoms with Gasteiger partial charge >= 0.3 is 5.97 Å². The zero-order valence-corrected chi connectivity index (χ0v) is 27.0. The van der Waals surface area contributed by atoms with Crippen LogP contribution in [0.25, 0.3) is 6.08 Å². The first-order valence-electron chi connectivity index (χ1n) is 14.7. The van der Waals surface area contributed by atoms with Crippen LogP contribution in [0.3, 0.4) is 0 Å². The summed E-state index contributed by atoms with van der Waals surface area (Å²) in [6.07, 6.45) is 3.31. The largest absolute Gasteiger partial charge is 0.462 e. The number of thioether (sulfide) groups is 1. The van der Waals surface area contributed by atoms with Gasteiger partial charge in [-0.15, -0.1) is 11.8 Å². The Bertz CT molecular complexity index is 1690. The minimum absolute atomic E-state index is 0.0429. The number of carbonyl (C=O) groups is 4. The molecule has 4 aromatic rings. The molecule has 4 aromatic carbocycles. The Labute approximate surface area is 277 Å². The Hall–Kier alpha value is -4.86. The monoisotopic (exact) mass is 655 g/mol. The van der Waals surface area contributed by atoms with Gasteiger partial charge in [0.05, 0.1) is 17.4 Å². The first-order valence-corrected chi connectivity index (χ1v) is 16.0. The van der Waals surface area contributed by atoms with Crippen LogP contribution in [0.15, 0.2) is 114 Å². The Balaban J connectivity index is 1.36. The Morgan fingerprint density at radius 1 is 0.826 bits per heavy atom. The fourth-order valence-electron chi connectivity index (χ4n) is 4.10. The fraction of sp³-hybridized carbons (Fsp3) is 0.167. The first kappa shape index (κ1) is 34.0. The summed E-state index contributed by atoms with van der Waals surface area (Å²) in [4.78, 5) is 51.9. The normalized spacial score (nSPS) is 11.7. The number of benzene rings is 4. The third-order valence-electron chi connectivity index (χ3n) is 6.60. The van der Waals surface area contributed by atoms with Crippen molar-refractivity contribution in [3.8, 4) is 0 Å². The number of unbranched alkanes of at least 4 members (excludes halogenated alkanes) is 1. The third kappa shape index (κ3) is 10.4. The Morgan fingerprint density at radius 2 is 1.50 bits per heavy atom. The van der Waals surface area contributed by atoms with Gasteiger partial charge in [0.1, 0.15) is 5.70 Å². The second kappa shape index (κ2) is 17.0. The van der Waals surface area contributed by atoms with E-state index in [4.69, 9.17) is 16.3 Å². The molecule has 0 fully saturated rings. The SMILES string of the molecule is CCCCOC(=O)c1ccc(NC(=O)C(C)Sc2ccc(NC(=O)/C(=C/c3cccc(Cl)c3)NC(=O)c3ccccc3)cc2)cc1. The third-order valence-corrected chi connectivity index (χ3v) is 7.95. The van der Waals surface area contributed by atoms with Crippen LogP contribution in [0.1, 0.15) is 53.0 Å². The van der Waals surface area contributed by atoms with E-state index >= 15 is 0 Å². The Kier molecular flexibility index (Phi) is 12.6. The molecule has 0 bridgehead atoms. The van der Waals surface area contributed by atoms with Gasteiger partial charge in [0, 0.05) is 26.9 Å². The summed E-state index contributed by atoms with van der Waals surface area (Å²) >= 11 is 7.48. The summed E-state index contributed by atoms with van der Waals surface area (Å²) in [6.45, 7) is 4.19. The molecular formula is C36H34ClN3O5S. The van der Waals surface area contributed by atoms with Gasteiger partial charge in [-0.25, -0.2) is 4.79 Å². The van der Waals surface area contributed by atoms with Gasteiger partial charge in [0.2, 0.25) is 5.91 Å². The smallest absolute Gasteiger partial charge is 0.338 e. The van der Waals surface area contributed by atoms with Crippen molar-refractivity contribution in [2.75, 3.05) is 17.2 Å². The highest BCUT2D eigenvalue weighted by molar-refractivity contribution is 8.00. The van der Waals surface area contributed by atoms with Gasteiger partial charge in [-0.3, -0.25) is 14.4 Å². The summed E-state index contributed by atoms with van der Waals surface area (Å²) < 4.78 is 5.22. The maximum absolute atomic E-state index is 13.3. The molecule has 1 unspecified atom stereocenters. The summed E-state index contributed by atoms with van der Waals surface area (Å²) in [5.74, 6) is -1.53. The average Bonchev–Trinajstić information content (AvgIpc) is 3.06. The molecule has 10 heteroatoms. The first-order chi connectivity index (χ1) is 22.2. The van der Waals surface area contributed by atoms with Crippen molar-refractivity contribution in [1.29, 1.82) is 0 Å². The van der Waals surface area contributed by atoms with E-state index in [9.17, 15) is 19.2 Å². The van der Waals surface area contributed by atoms with Crippen molar-refractivity contribution in [3.63, 3.8) is 0 Å². The molecular weight excluding hydrogens is 622 g/mol. The zero-order valence-electron chi connectivity index (χ0n) is 25.4. The molecule has 0 radical (unpaired) electrons. The van der Waals surface area contributed by atoms with Crippen LogP contribution >= 0.6 is 23.4 Å². The lowest BCUT2D eigenvalue weighted by molar-refractivity contribution is -0.115. The number of rotatable bonds is 13. The van der Waals surface area contributed by atoms with Crippen molar-refractivity contribution in [1.82, 2.24) is 5.32 Å². The van der Waals surface area contributed by atoms with Gasteiger partial charge in [0.15, 0.2) is 0 Å². The van der Waals surface area contributed by atoms with Crippen molar-refractivity contribution >= 4 is 64.5 Å². The number of amides is 3. The summed E-state index contributed by atoms with van der Waals surface area (Å²) in [7, 11) is 0. The number of hydrogen-bond acceptors (Lipinski definition) is 6. The molecule has 0 spiro atoms. The van der Waals surface area contributed by atoms with Crippen molar-refractivity contribution in [2.24, 2.45) is 0 Å². The topological polar surface area (TPSA) is 114 Å². The molecule has 0 aliphatic rings. The van der Waals surface area contributed by atoms with Crippen LogP contribution in [0.2, 0.25) is 5.02 Å². The van der Waals surface area contributed by atoms with Crippen LogP contribution in [0, 0.1) is 0 Å². The molecule has 236 valence electrons. The zero-order chi connectivity index (χ0) is 32.9. The molecule has 0 aliphatic heterocycles. The molecule has 3 N–H and O–H groups in total. The van der Waals surface area contributed by atoms with Gasteiger partial charge < -0.3 is 20.7 Å². The van der Waals surface area contributed by atoms with E-state index in [-0.39, 0.29) is 17.6 Å². The molecule has 8 nitrogen and oxygen atoms in total. The molecule has 0 saturated heterocycles. The van der Waals surface area contributed by atoms with Crippen LogP contribution in [-0.2, 0) is 14.3 Å². The molecule has 4 rings (SSSR count). The minimum atomic E-state index is -0.516. The summed E-state index contributed by atoms with van der Waals surface area (Å²) in [5, 5.41) is 8.45. The van der Waals surface area contributed by atoms with Crippen LogP contribution < -0.4 is 16.0 Å². The van der Waals surface area contributed by atoms with E-state index in [1.165, 1.54) is 11.8 Å². The lowest BCUT2D eigenvalue weighted by Crippen LogP contribution is -2.30. The minimum Gasteiger partial charge on any atom is -0.462 e. The van der Waals surface area contributed by atoms with E-state index in [2.05, 4.69) is 16.0 Å². The van der Waals surface area contributed by atoms with Crippen molar-refractivity contribution < 1.29 is 23.9 Å². The van der Waals surface area contributed by atoms with E-state index in [1.807, 2.05) is 6.92 Å². The predicted molar refractivity (Wildman–Crippen MR) is 184 cm³/mol. The number of halogens is 1. The number of hydrogen-bond donors (Lipinski definition) is 3. The number of anilines is 2. The highest BCUT2D eigenvalue weighted by Gasteiger charge is 2.17. The van der Waals surface area contributed by atoms with E-state index in [0.717, 1.165) is 17.7 Å².